The van der Waals surface area contributed by atoms with Gasteiger partial charge in [0, 0.05) is 11.8 Å². The van der Waals surface area contributed by atoms with Gasteiger partial charge in [-0.25, -0.2) is 9.78 Å². The van der Waals surface area contributed by atoms with E-state index in [4.69, 9.17) is 9.47 Å². The Morgan fingerprint density at radius 2 is 2.14 bits per heavy atom. The highest BCUT2D eigenvalue weighted by Crippen LogP contribution is 2.27. The molecule has 0 aliphatic rings. The van der Waals surface area contributed by atoms with Gasteiger partial charge in [-0.3, -0.25) is 4.79 Å². The van der Waals surface area contributed by atoms with Crippen LogP contribution in [0.1, 0.15) is 31.1 Å². The van der Waals surface area contributed by atoms with Gasteiger partial charge in [0.15, 0.2) is 0 Å². The molecule has 0 bridgehead atoms. The summed E-state index contributed by atoms with van der Waals surface area (Å²) in [7, 11) is 0. The van der Waals surface area contributed by atoms with Crippen LogP contribution >= 0.6 is 0 Å². The summed E-state index contributed by atoms with van der Waals surface area (Å²) in [6.07, 6.45) is 4.58. The highest BCUT2D eigenvalue weighted by atomic mass is 16.5. The van der Waals surface area contributed by atoms with Crippen molar-refractivity contribution in [3.05, 3.63) is 58.3 Å². The van der Waals surface area contributed by atoms with E-state index >= 15 is 0 Å². The summed E-state index contributed by atoms with van der Waals surface area (Å²) < 4.78 is 12.1. The monoisotopic (exact) mass is 396 g/mol. The number of hydrogen-bond donors (Lipinski definition) is 1. The third-order valence-corrected chi connectivity index (χ3v) is 3.85. The lowest BCUT2D eigenvalue weighted by molar-refractivity contribution is 0.0523. The Hall–Kier alpha value is -3.82. The van der Waals surface area contributed by atoms with Crippen molar-refractivity contribution < 1.29 is 14.3 Å². The van der Waals surface area contributed by atoms with E-state index in [1.165, 1.54) is 17.2 Å². The molecule has 3 aromatic rings. The van der Waals surface area contributed by atoms with E-state index in [-0.39, 0.29) is 18.0 Å². The van der Waals surface area contributed by atoms with Crippen LogP contribution in [0.5, 0.6) is 5.75 Å². The van der Waals surface area contributed by atoms with E-state index in [9.17, 15) is 9.59 Å². The second-order valence-electron chi connectivity index (χ2n) is 6.22. The molecule has 0 amide bonds. The molecule has 0 fully saturated rings. The lowest BCUT2D eigenvalue weighted by Crippen LogP contribution is -2.21. The van der Waals surface area contributed by atoms with Crippen LogP contribution in [0.25, 0.3) is 17.1 Å². The Bertz CT molecular complexity index is 1080. The molecule has 150 valence electrons. The van der Waals surface area contributed by atoms with Gasteiger partial charge in [0.1, 0.15) is 35.8 Å². The first-order valence-electron chi connectivity index (χ1n) is 8.90. The summed E-state index contributed by atoms with van der Waals surface area (Å²) in [4.78, 5) is 30.8. The number of aromatic amines is 1. The van der Waals surface area contributed by atoms with Gasteiger partial charge in [-0.1, -0.05) is 5.57 Å². The first kappa shape index (κ1) is 19.9. The number of H-pyrrole nitrogens is 1. The summed E-state index contributed by atoms with van der Waals surface area (Å²) in [6, 6.07) is 5.22. The number of nitrogens with one attached hydrogen (secondary N) is 1. The topological polar surface area (TPSA) is 125 Å². The minimum absolute atomic E-state index is 0.155. The van der Waals surface area contributed by atoms with E-state index in [1.807, 2.05) is 19.9 Å². The van der Waals surface area contributed by atoms with Crippen molar-refractivity contribution in [1.82, 2.24) is 30.2 Å². The van der Waals surface area contributed by atoms with Crippen LogP contribution in [0.2, 0.25) is 0 Å². The number of benzene rings is 1. The summed E-state index contributed by atoms with van der Waals surface area (Å²) in [5, 5.41) is 11.2. The maximum atomic E-state index is 12.3. The molecule has 29 heavy (non-hydrogen) atoms. The first-order chi connectivity index (χ1) is 14.0. The third kappa shape index (κ3) is 4.72. The van der Waals surface area contributed by atoms with Crippen molar-refractivity contribution >= 4 is 5.97 Å². The van der Waals surface area contributed by atoms with E-state index in [0.717, 1.165) is 5.57 Å². The van der Waals surface area contributed by atoms with Crippen LogP contribution in [-0.2, 0) is 4.74 Å². The molecule has 1 aromatic carbocycles. The fraction of sp³-hybridized carbons (Fsp3) is 0.263. The molecule has 0 radical (unpaired) electrons. The molecule has 10 heteroatoms. The molecule has 2 aromatic heterocycles. The molecule has 1 N–H and O–H groups in total. The number of rotatable bonds is 7. The second kappa shape index (κ2) is 8.91. The van der Waals surface area contributed by atoms with Gasteiger partial charge < -0.3 is 14.5 Å². The fourth-order valence-corrected chi connectivity index (χ4v) is 2.43. The van der Waals surface area contributed by atoms with E-state index in [0.29, 0.717) is 23.6 Å². The lowest BCUT2D eigenvalue weighted by atomic mass is 10.1. The molecule has 0 saturated heterocycles. The fourth-order valence-electron chi connectivity index (χ4n) is 2.43. The van der Waals surface area contributed by atoms with Gasteiger partial charge in [-0.15, -0.1) is 5.10 Å². The Morgan fingerprint density at radius 3 is 2.79 bits per heavy atom. The second-order valence-corrected chi connectivity index (χ2v) is 6.22. The van der Waals surface area contributed by atoms with Gasteiger partial charge in [-0.2, -0.15) is 4.68 Å². The first-order valence-corrected chi connectivity index (χ1v) is 8.90. The maximum absolute atomic E-state index is 12.3. The van der Waals surface area contributed by atoms with Crippen LogP contribution in [0, 0.1) is 0 Å². The zero-order chi connectivity index (χ0) is 20.8. The molecule has 0 atom stereocenters. The Balaban J connectivity index is 1.97. The summed E-state index contributed by atoms with van der Waals surface area (Å²) in [6.45, 7) is 6.19. The molecule has 2 heterocycles. The predicted octanol–water partition coefficient (Wildman–Crippen LogP) is 1.93. The Labute approximate surface area is 166 Å². The number of esters is 1. The van der Waals surface area contributed by atoms with Crippen molar-refractivity contribution in [3.8, 4) is 22.8 Å². The van der Waals surface area contributed by atoms with Crippen LogP contribution in [0.4, 0.5) is 0 Å². The molecule has 3 rings (SSSR count). The molecule has 0 saturated carbocycles. The van der Waals surface area contributed by atoms with E-state index < -0.39 is 11.5 Å². The highest BCUT2D eigenvalue weighted by Gasteiger charge is 2.15. The SMILES string of the molecule is CCOC(=O)c1cnc(-c2ccc(OCC=C(C)C)c(-n3cnnn3)c2)[nH]c1=O. The van der Waals surface area contributed by atoms with E-state index in [1.54, 1.807) is 25.1 Å². The van der Waals surface area contributed by atoms with Gasteiger partial charge in [-0.05, 0) is 55.5 Å². The third-order valence-electron chi connectivity index (χ3n) is 3.85. The molecular weight excluding hydrogens is 376 g/mol. The molecular formula is C19H20N6O4. The van der Waals surface area contributed by atoms with Gasteiger partial charge >= 0.3 is 5.97 Å². The summed E-state index contributed by atoms with van der Waals surface area (Å²) in [5.74, 6) is 0.127. The van der Waals surface area contributed by atoms with Crippen molar-refractivity contribution in [2.45, 2.75) is 20.8 Å². The van der Waals surface area contributed by atoms with Crippen molar-refractivity contribution in [1.29, 1.82) is 0 Å². The standard InChI is InChI=1S/C19H20N6O4/c1-4-28-19(27)14-10-20-17(22-18(14)26)13-5-6-16(29-8-7-12(2)3)15(9-13)25-11-21-23-24-25/h5-7,9-11H,4,8H2,1-3H3,(H,20,22,26). The normalized spacial score (nSPS) is 10.4. The largest absolute Gasteiger partial charge is 0.487 e. The Morgan fingerprint density at radius 1 is 1.31 bits per heavy atom. The minimum atomic E-state index is -0.717. The molecule has 0 aliphatic carbocycles. The highest BCUT2D eigenvalue weighted by molar-refractivity contribution is 5.88. The summed E-state index contributed by atoms with van der Waals surface area (Å²) >= 11 is 0. The number of aromatic nitrogens is 6. The van der Waals surface area contributed by atoms with Gasteiger partial charge in [0.25, 0.3) is 5.56 Å². The van der Waals surface area contributed by atoms with Crippen LogP contribution in [0.15, 0.2) is 47.2 Å². The number of nitrogens with zero attached hydrogens (tertiary/aromatic N) is 5. The number of tetrazole rings is 1. The number of carbonyl (C=O) groups excluding carboxylic acids is 1. The molecule has 0 unspecified atom stereocenters. The molecule has 0 aliphatic heterocycles. The molecule has 10 nitrogen and oxygen atoms in total. The zero-order valence-electron chi connectivity index (χ0n) is 16.2. The minimum Gasteiger partial charge on any atom is -0.487 e. The average Bonchev–Trinajstić information content (AvgIpc) is 3.22. The number of ether oxygens (including phenoxy) is 2. The lowest BCUT2D eigenvalue weighted by Gasteiger charge is -2.11. The van der Waals surface area contributed by atoms with Crippen LogP contribution < -0.4 is 10.3 Å². The van der Waals surface area contributed by atoms with E-state index in [2.05, 4.69) is 25.5 Å². The maximum Gasteiger partial charge on any atom is 0.345 e. The quantitative estimate of drug-likeness (QED) is 0.474. The zero-order valence-corrected chi connectivity index (χ0v) is 16.2. The van der Waals surface area contributed by atoms with Crippen LogP contribution in [-0.4, -0.2) is 49.4 Å². The predicted molar refractivity (Wildman–Crippen MR) is 104 cm³/mol. The van der Waals surface area contributed by atoms with Crippen molar-refractivity contribution in [2.75, 3.05) is 13.2 Å². The van der Waals surface area contributed by atoms with Gasteiger partial charge in [0.05, 0.1) is 6.61 Å². The Kier molecular flexibility index (Phi) is 6.12. The number of allylic oxidation sites excluding steroid dienone is 1. The number of carbonyl (C=O) groups is 1. The summed E-state index contributed by atoms with van der Waals surface area (Å²) in [5.41, 5.74) is 1.57. The van der Waals surface area contributed by atoms with Crippen molar-refractivity contribution in [3.63, 3.8) is 0 Å². The number of hydrogen-bond acceptors (Lipinski definition) is 8. The molecule has 0 spiro atoms. The van der Waals surface area contributed by atoms with Crippen LogP contribution in [0.3, 0.4) is 0 Å². The average molecular weight is 396 g/mol. The van der Waals surface area contributed by atoms with Crippen molar-refractivity contribution in [2.24, 2.45) is 0 Å². The smallest absolute Gasteiger partial charge is 0.345 e. The van der Waals surface area contributed by atoms with Gasteiger partial charge in [0.2, 0.25) is 0 Å².